The standard InChI is InChI=1S/C14H22BrN3/c1-17-6-5-12(9-17)10-18(2)14-4-3-11(8-16)7-13(14)15/h3-4,7,12H,5-6,8-10,16H2,1-2H3. The van der Waals surface area contributed by atoms with Gasteiger partial charge in [0.25, 0.3) is 0 Å². The average molecular weight is 312 g/mol. The normalized spacial score (nSPS) is 20.3. The fourth-order valence-corrected chi connectivity index (χ4v) is 3.38. The Morgan fingerprint density at radius 1 is 1.50 bits per heavy atom. The van der Waals surface area contributed by atoms with E-state index in [0.717, 1.165) is 16.9 Å². The van der Waals surface area contributed by atoms with Crippen molar-refractivity contribution in [1.82, 2.24) is 4.90 Å². The van der Waals surface area contributed by atoms with Crippen LogP contribution in [0.1, 0.15) is 12.0 Å². The molecule has 0 spiro atoms. The van der Waals surface area contributed by atoms with Gasteiger partial charge in [0.2, 0.25) is 0 Å². The summed E-state index contributed by atoms with van der Waals surface area (Å²) in [5.74, 6) is 0.779. The highest BCUT2D eigenvalue weighted by Crippen LogP contribution is 2.28. The van der Waals surface area contributed by atoms with Crippen LogP contribution in [0.3, 0.4) is 0 Å². The van der Waals surface area contributed by atoms with Gasteiger partial charge in [-0.2, -0.15) is 0 Å². The molecule has 1 saturated heterocycles. The second-order valence-corrected chi connectivity index (χ2v) is 6.14. The third kappa shape index (κ3) is 3.25. The van der Waals surface area contributed by atoms with Crippen molar-refractivity contribution in [2.75, 3.05) is 38.6 Å². The number of likely N-dealkylation sites (tertiary alicyclic amines) is 1. The van der Waals surface area contributed by atoms with Crippen molar-refractivity contribution < 1.29 is 0 Å². The van der Waals surface area contributed by atoms with Gasteiger partial charge in [-0.15, -0.1) is 0 Å². The summed E-state index contributed by atoms with van der Waals surface area (Å²) in [4.78, 5) is 4.75. The largest absolute Gasteiger partial charge is 0.373 e. The first-order valence-electron chi connectivity index (χ1n) is 6.48. The van der Waals surface area contributed by atoms with Gasteiger partial charge in [-0.1, -0.05) is 6.07 Å². The fourth-order valence-electron chi connectivity index (χ4n) is 2.65. The second-order valence-electron chi connectivity index (χ2n) is 5.29. The second kappa shape index (κ2) is 6.04. The van der Waals surface area contributed by atoms with E-state index >= 15 is 0 Å². The van der Waals surface area contributed by atoms with Crippen molar-refractivity contribution in [2.45, 2.75) is 13.0 Å². The number of halogens is 1. The maximum atomic E-state index is 5.65. The van der Waals surface area contributed by atoms with Crippen molar-refractivity contribution in [1.29, 1.82) is 0 Å². The van der Waals surface area contributed by atoms with E-state index in [1.165, 1.54) is 30.8 Å². The predicted molar refractivity (Wildman–Crippen MR) is 80.9 cm³/mol. The van der Waals surface area contributed by atoms with E-state index in [4.69, 9.17) is 5.73 Å². The van der Waals surface area contributed by atoms with Gasteiger partial charge in [0, 0.05) is 31.2 Å². The number of nitrogens with two attached hydrogens (primary N) is 1. The van der Waals surface area contributed by atoms with Gasteiger partial charge in [-0.05, 0) is 59.6 Å². The van der Waals surface area contributed by atoms with Crippen molar-refractivity contribution in [3.05, 3.63) is 28.2 Å². The Morgan fingerprint density at radius 3 is 2.83 bits per heavy atom. The molecule has 3 nitrogen and oxygen atoms in total. The van der Waals surface area contributed by atoms with E-state index in [2.05, 4.69) is 58.0 Å². The molecule has 0 saturated carbocycles. The Kier molecular flexibility index (Phi) is 4.65. The van der Waals surface area contributed by atoms with Crippen LogP contribution >= 0.6 is 15.9 Å². The molecule has 0 amide bonds. The van der Waals surface area contributed by atoms with Crippen LogP contribution in [-0.4, -0.2) is 38.6 Å². The van der Waals surface area contributed by atoms with E-state index in [9.17, 15) is 0 Å². The first-order chi connectivity index (χ1) is 8.60. The topological polar surface area (TPSA) is 32.5 Å². The lowest BCUT2D eigenvalue weighted by molar-refractivity contribution is 0.396. The summed E-state index contributed by atoms with van der Waals surface area (Å²) in [6, 6.07) is 6.38. The number of nitrogens with zero attached hydrogens (tertiary/aromatic N) is 2. The molecule has 0 aromatic heterocycles. The minimum Gasteiger partial charge on any atom is -0.373 e. The van der Waals surface area contributed by atoms with Crippen LogP contribution in [0, 0.1) is 5.92 Å². The van der Waals surface area contributed by atoms with Crippen LogP contribution in [0.15, 0.2) is 22.7 Å². The van der Waals surface area contributed by atoms with Crippen LogP contribution in [-0.2, 0) is 6.54 Å². The molecule has 1 aromatic carbocycles. The lowest BCUT2D eigenvalue weighted by atomic mass is 10.1. The highest BCUT2D eigenvalue weighted by Gasteiger charge is 2.21. The molecule has 100 valence electrons. The molecule has 1 heterocycles. The third-order valence-electron chi connectivity index (χ3n) is 3.68. The molecule has 1 aliphatic heterocycles. The summed E-state index contributed by atoms with van der Waals surface area (Å²) in [6.45, 7) is 4.15. The number of hydrogen-bond acceptors (Lipinski definition) is 3. The Morgan fingerprint density at radius 2 is 2.28 bits per heavy atom. The van der Waals surface area contributed by atoms with Gasteiger partial charge in [0.05, 0.1) is 5.69 Å². The molecule has 1 unspecified atom stereocenters. The fraction of sp³-hybridized carbons (Fsp3) is 0.571. The summed E-state index contributed by atoms with van der Waals surface area (Å²) in [5, 5.41) is 0. The first kappa shape index (κ1) is 13.8. The summed E-state index contributed by atoms with van der Waals surface area (Å²) < 4.78 is 1.14. The monoisotopic (exact) mass is 311 g/mol. The Balaban J connectivity index is 2.02. The highest BCUT2D eigenvalue weighted by atomic mass is 79.9. The lowest BCUT2D eigenvalue weighted by Gasteiger charge is -2.24. The number of benzene rings is 1. The highest BCUT2D eigenvalue weighted by molar-refractivity contribution is 9.10. The van der Waals surface area contributed by atoms with Crippen LogP contribution < -0.4 is 10.6 Å². The van der Waals surface area contributed by atoms with Crippen molar-refractivity contribution in [3.8, 4) is 0 Å². The zero-order valence-corrected chi connectivity index (χ0v) is 12.8. The molecular weight excluding hydrogens is 290 g/mol. The Labute approximate surface area is 118 Å². The summed E-state index contributed by atoms with van der Waals surface area (Å²) in [6.07, 6.45) is 1.30. The van der Waals surface area contributed by atoms with E-state index in [-0.39, 0.29) is 0 Å². The van der Waals surface area contributed by atoms with Crippen LogP contribution in [0.25, 0.3) is 0 Å². The molecule has 4 heteroatoms. The van der Waals surface area contributed by atoms with Gasteiger partial charge < -0.3 is 15.5 Å². The zero-order chi connectivity index (χ0) is 13.1. The summed E-state index contributed by atoms with van der Waals surface area (Å²) >= 11 is 3.64. The molecule has 0 radical (unpaired) electrons. The van der Waals surface area contributed by atoms with Gasteiger partial charge in [0.15, 0.2) is 0 Å². The molecule has 0 aliphatic carbocycles. The van der Waals surface area contributed by atoms with Crippen molar-refractivity contribution in [2.24, 2.45) is 11.7 Å². The van der Waals surface area contributed by atoms with Crippen LogP contribution in [0.4, 0.5) is 5.69 Å². The average Bonchev–Trinajstić information content (AvgIpc) is 2.74. The van der Waals surface area contributed by atoms with Crippen LogP contribution in [0.5, 0.6) is 0 Å². The zero-order valence-electron chi connectivity index (χ0n) is 11.2. The van der Waals surface area contributed by atoms with Gasteiger partial charge in [-0.25, -0.2) is 0 Å². The van der Waals surface area contributed by atoms with Crippen molar-refractivity contribution >= 4 is 21.6 Å². The first-order valence-corrected chi connectivity index (χ1v) is 7.27. The minimum absolute atomic E-state index is 0.593. The molecule has 0 bridgehead atoms. The van der Waals surface area contributed by atoms with Crippen molar-refractivity contribution in [3.63, 3.8) is 0 Å². The van der Waals surface area contributed by atoms with E-state index in [1.54, 1.807) is 0 Å². The van der Waals surface area contributed by atoms with Gasteiger partial charge >= 0.3 is 0 Å². The molecule has 1 atom stereocenters. The summed E-state index contributed by atoms with van der Waals surface area (Å²) in [5.41, 5.74) is 8.07. The maximum absolute atomic E-state index is 5.65. The van der Waals surface area contributed by atoms with E-state index < -0.39 is 0 Å². The molecule has 18 heavy (non-hydrogen) atoms. The number of anilines is 1. The SMILES string of the molecule is CN1CCC(CN(C)c2ccc(CN)cc2Br)C1. The molecule has 2 N–H and O–H groups in total. The van der Waals surface area contributed by atoms with Crippen LogP contribution in [0.2, 0.25) is 0 Å². The number of hydrogen-bond donors (Lipinski definition) is 1. The summed E-state index contributed by atoms with van der Waals surface area (Å²) in [7, 11) is 4.37. The quantitative estimate of drug-likeness (QED) is 0.926. The maximum Gasteiger partial charge on any atom is 0.0508 e. The van der Waals surface area contributed by atoms with Gasteiger partial charge in [0.1, 0.15) is 0 Å². The predicted octanol–water partition coefficient (Wildman–Crippen LogP) is 2.30. The minimum atomic E-state index is 0.593. The smallest absolute Gasteiger partial charge is 0.0508 e. The Hall–Kier alpha value is -0.580. The Bertz CT molecular complexity index is 408. The third-order valence-corrected chi connectivity index (χ3v) is 4.32. The molecule has 1 fully saturated rings. The molecule has 1 aromatic rings. The molecular formula is C14H22BrN3. The number of rotatable bonds is 4. The lowest BCUT2D eigenvalue weighted by Crippen LogP contribution is -2.27. The van der Waals surface area contributed by atoms with Gasteiger partial charge in [-0.3, -0.25) is 0 Å². The van der Waals surface area contributed by atoms with E-state index in [1.807, 2.05) is 0 Å². The molecule has 1 aliphatic rings. The van der Waals surface area contributed by atoms with E-state index in [0.29, 0.717) is 6.54 Å². The molecule has 2 rings (SSSR count).